The van der Waals surface area contributed by atoms with Crippen molar-refractivity contribution in [3.8, 4) is 0 Å². The maximum Gasteiger partial charge on any atom is 0.309 e. The summed E-state index contributed by atoms with van der Waals surface area (Å²) in [5.41, 5.74) is -1.07. The van der Waals surface area contributed by atoms with Crippen LogP contribution in [0.25, 0.3) is 0 Å². The van der Waals surface area contributed by atoms with E-state index in [4.69, 9.17) is 10.2 Å². The molecule has 0 spiro atoms. The second-order valence-corrected chi connectivity index (χ2v) is 5.15. The third kappa shape index (κ3) is 4.64. The smallest absolute Gasteiger partial charge is 0.309 e. The third-order valence-electron chi connectivity index (χ3n) is 3.22. The first-order valence-corrected chi connectivity index (χ1v) is 6.43. The Labute approximate surface area is 109 Å². The topological polar surface area (TPSA) is 77.8 Å². The lowest BCUT2D eigenvalue weighted by Gasteiger charge is -2.32. The van der Waals surface area contributed by atoms with Crippen LogP contribution in [-0.4, -0.2) is 46.2 Å². The van der Waals surface area contributed by atoms with E-state index in [1.54, 1.807) is 4.90 Å². The van der Waals surface area contributed by atoms with Crippen molar-refractivity contribution in [1.29, 1.82) is 0 Å². The van der Waals surface area contributed by atoms with Crippen molar-refractivity contribution in [3.05, 3.63) is 0 Å². The van der Waals surface area contributed by atoms with E-state index in [1.807, 2.05) is 13.8 Å². The van der Waals surface area contributed by atoms with Gasteiger partial charge in [-0.2, -0.15) is 0 Å². The average Bonchev–Trinajstić information content (AvgIpc) is 2.28. The summed E-state index contributed by atoms with van der Waals surface area (Å²) in [5.74, 6) is -1.19. The van der Waals surface area contributed by atoms with Gasteiger partial charge < -0.3 is 15.1 Å². The van der Waals surface area contributed by atoms with Crippen LogP contribution in [0.2, 0.25) is 0 Å². The van der Waals surface area contributed by atoms with Gasteiger partial charge in [0.05, 0.1) is 12.0 Å². The molecule has 0 radical (unpaired) electrons. The van der Waals surface area contributed by atoms with Gasteiger partial charge in [-0.25, -0.2) is 0 Å². The van der Waals surface area contributed by atoms with Crippen molar-refractivity contribution < 1.29 is 19.8 Å². The molecule has 0 unspecified atom stereocenters. The van der Waals surface area contributed by atoms with Crippen LogP contribution in [0.3, 0.4) is 0 Å². The Morgan fingerprint density at radius 3 is 2.06 bits per heavy atom. The Morgan fingerprint density at radius 2 is 1.72 bits per heavy atom. The Balaban J connectivity index is 4.82. The van der Waals surface area contributed by atoms with Crippen molar-refractivity contribution in [2.24, 2.45) is 5.41 Å². The van der Waals surface area contributed by atoms with Crippen molar-refractivity contribution >= 4 is 11.9 Å². The minimum atomic E-state index is -1.07. The van der Waals surface area contributed by atoms with Gasteiger partial charge in [0.15, 0.2) is 0 Å². The minimum absolute atomic E-state index is 0.0428. The monoisotopic (exact) mass is 259 g/mol. The average molecular weight is 259 g/mol. The molecule has 0 aromatic heterocycles. The zero-order valence-corrected chi connectivity index (χ0v) is 11.8. The van der Waals surface area contributed by atoms with E-state index in [0.29, 0.717) is 0 Å². The maximum atomic E-state index is 12.2. The standard InChI is InChI=1S/C13H25NO4/c1-5-10(6-2)14(7-8-15)11(16)9-13(3,4)12(17)18/h10,15H,5-9H2,1-4H3,(H,17,18). The number of carboxylic acids is 1. The molecular formula is C13H25NO4. The highest BCUT2D eigenvalue weighted by Gasteiger charge is 2.33. The highest BCUT2D eigenvalue weighted by molar-refractivity contribution is 5.84. The molecule has 106 valence electrons. The summed E-state index contributed by atoms with van der Waals surface area (Å²) >= 11 is 0. The van der Waals surface area contributed by atoms with E-state index in [2.05, 4.69) is 0 Å². The molecule has 2 N–H and O–H groups in total. The SMILES string of the molecule is CCC(CC)N(CCO)C(=O)CC(C)(C)C(=O)O. The van der Waals surface area contributed by atoms with Crippen molar-refractivity contribution in [3.63, 3.8) is 0 Å². The van der Waals surface area contributed by atoms with Gasteiger partial charge in [-0.15, -0.1) is 0 Å². The number of aliphatic hydroxyl groups is 1. The number of carbonyl (C=O) groups is 2. The second kappa shape index (κ2) is 7.36. The maximum absolute atomic E-state index is 12.2. The Hall–Kier alpha value is -1.10. The van der Waals surface area contributed by atoms with Gasteiger partial charge in [0.1, 0.15) is 0 Å². The van der Waals surface area contributed by atoms with E-state index in [9.17, 15) is 9.59 Å². The highest BCUT2D eigenvalue weighted by atomic mass is 16.4. The van der Waals surface area contributed by atoms with Gasteiger partial charge in [-0.1, -0.05) is 13.8 Å². The predicted octanol–water partition coefficient (Wildman–Crippen LogP) is 1.50. The fourth-order valence-corrected chi connectivity index (χ4v) is 1.90. The third-order valence-corrected chi connectivity index (χ3v) is 3.22. The van der Waals surface area contributed by atoms with Gasteiger partial charge >= 0.3 is 5.97 Å². The summed E-state index contributed by atoms with van der Waals surface area (Å²) < 4.78 is 0. The summed E-state index contributed by atoms with van der Waals surface area (Å²) in [6, 6.07) is 0.0641. The Morgan fingerprint density at radius 1 is 1.22 bits per heavy atom. The van der Waals surface area contributed by atoms with Crippen LogP contribution in [-0.2, 0) is 9.59 Å². The van der Waals surface area contributed by atoms with Gasteiger partial charge in [-0.3, -0.25) is 9.59 Å². The summed E-state index contributed by atoms with van der Waals surface area (Å²) in [5, 5.41) is 18.1. The molecule has 0 saturated carbocycles. The first-order valence-electron chi connectivity index (χ1n) is 6.43. The Bertz CT molecular complexity index is 285. The van der Waals surface area contributed by atoms with E-state index in [1.165, 1.54) is 13.8 Å². The molecule has 0 aliphatic rings. The summed E-state index contributed by atoms with van der Waals surface area (Å²) in [7, 11) is 0. The van der Waals surface area contributed by atoms with Crippen LogP contribution in [0.5, 0.6) is 0 Å². The fraction of sp³-hybridized carbons (Fsp3) is 0.846. The van der Waals surface area contributed by atoms with Crippen LogP contribution >= 0.6 is 0 Å². The largest absolute Gasteiger partial charge is 0.481 e. The van der Waals surface area contributed by atoms with E-state index in [0.717, 1.165) is 12.8 Å². The molecule has 0 aromatic carbocycles. The first kappa shape index (κ1) is 16.9. The molecule has 0 heterocycles. The normalized spacial score (nSPS) is 11.7. The molecule has 18 heavy (non-hydrogen) atoms. The van der Waals surface area contributed by atoms with Gasteiger partial charge in [-0.05, 0) is 26.7 Å². The predicted molar refractivity (Wildman–Crippen MR) is 69.2 cm³/mol. The van der Waals surface area contributed by atoms with Crippen LogP contribution < -0.4 is 0 Å². The second-order valence-electron chi connectivity index (χ2n) is 5.15. The summed E-state index contributed by atoms with van der Waals surface area (Å²) in [6.45, 7) is 7.20. The van der Waals surface area contributed by atoms with Crippen LogP contribution in [0.4, 0.5) is 0 Å². The van der Waals surface area contributed by atoms with E-state index >= 15 is 0 Å². The molecule has 0 aliphatic carbocycles. The van der Waals surface area contributed by atoms with E-state index in [-0.39, 0.29) is 31.5 Å². The molecule has 5 nitrogen and oxygen atoms in total. The summed E-state index contributed by atoms with van der Waals surface area (Å²) in [6.07, 6.45) is 1.56. The zero-order chi connectivity index (χ0) is 14.3. The molecule has 0 rings (SSSR count). The number of hydrogen-bond acceptors (Lipinski definition) is 3. The highest BCUT2D eigenvalue weighted by Crippen LogP contribution is 2.23. The number of nitrogens with zero attached hydrogens (tertiary/aromatic N) is 1. The molecular weight excluding hydrogens is 234 g/mol. The van der Waals surface area contributed by atoms with Gasteiger partial charge in [0, 0.05) is 19.0 Å². The van der Waals surface area contributed by atoms with Crippen molar-refractivity contribution in [1.82, 2.24) is 4.90 Å². The first-order chi connectivity index (χ1) is 8.30. The molecule has 0 fully saturated rings. The number of aliphatic carboxylic acids is 1. The Kier molecular flexibility index (Phi) is 6.91. The fourth-order valence-electron chi connectivity index (χ4n) is 1.90. The minimum Gasteiger partial charge on any atom is -0.481 e. The van der Waals surface area contributed by atoms with Crippen molar-refractivity contribution in [2.75, 3.05) is 13.2 Å². The van der Waals surface area contributed by atoms with E-state index < -0.39 is 11.4 Å². The molecule has 0 saturated heterocycles. The number of aliphatic hydroxyl groups excluding tert-OH is 1. The lowest BCUT2D eigenvalue weighted by molar-refractivity contribution is -0.152. The van der Waals surface area contributed by atoms with Gasteiger partial charge in [0.25, 0.3) is 0 Å². The zero-order valence-electron chi connectivity index (χ0n) is 11.8. The van der Waals surface area contributed by atoms with Crippen molar-refractivity contribution in [2.45, 2.75) is 53.0 Å². The van der Waals surface area contributed by atoms with Crippen LogP contribution in [0, 0.1) is 5.41 Å². The number of hydrogen-bond donors (Lipinski definition) is 2. The van der Waals surface area contributed by atoms with Crippen LogP contribution in [0.15, 0.2) is 0 Å². The lowest BCUT2D eigenvalue weighted by Crippen LogP contribution is -2.44. The summed E-state index contributed by atoms with van der Waals surface area (Å²) in [4.78, 5) is 24.8. The molecule has 0 aromatic rings. The molecule has 0 atom stereocenters. The number of rotatable bonds is 8. The molecule has 0 aliphatic heterocycles. The quantitative estimate of drug-likeness (QED) is 0.692. The van der Waals surface area contributed by atoms with Gasteiger partial charge in [0.2, 0.25) is 5.91 Å². The number of carbonyl (C=O) groups excluding carboxylic acids is 1. The molecule has 0 bridgehead atoms. The van der Waals surface area contributed by atoms with Crippen LogP contribution in [0.1, 0.15) is 47.0 Å². The number of carboxylic acid groups (broad SMARTS) is 1. The lowest BCUT2D eigenvalue weighted by atomic mass is 9.88. The molecule has 5 heteroatoms. The number of amides is 1. The molecule has 1 amide bonds.